The molecule has 0 saturated heterocycles. The van der Waals surface area contributed by atoms with Crippen molar-refractivity contribution in [2.45, 2.75) is 0 Å². The smallest absolute Gasteiger partial charge is 0.0541 e. The Bertz CT molecular complexity index is 2950. The van der Waals surface area contributed by atoms with E-state index in [1.807, 2.05) is 0 Å². The second kappa shape index (κ2) is 14.1. The molecule has 8 aromatic carbocycles. The van der Waals surface area contributed by atoms with Crippen LogP contribution in [0, 0.1) is 0 Å². The Labute approximate surface area is 327 Å². The van der Waals surface area contributed by atoms with Gasteiger partial charge in [0.1, 0.15) is 0 Å². The molecule has 0 spiro atoms. The van der Waals surface area contributed by atoms with E-state index in [4.69, 9.17) is 0 Å². The maximum atomic E-state index is 4.63. The highest BCUT2D eigenvalue weighted by Gasteiger charge is 2.19. The van der Waals surface area contributed by atoms with Crippen molar-refractivity contribution in [1.29, 1.82) is 0 Å². The van der Waals surface area contributed by atoms with Crippen molar-refractivity contribution < 1.29 is 0 Å². The Kier molecular flexibility index (Phi) is 8.35. The van der Waals surface area contributed by atoms with Gasteiger partial charge in [0.05, 0.1) is 16.7 Å². The highest BCUT2D eigenvalue weighted by atomic mass is 15.1. The molecule has 0 radical (unpaired) electrons. The fourth-order valence-corrected chi connectivity index (χ4v) is 8.10. The molecular weight excluding hydrogens is 677 g/mol. The Morgan fingerprint density at radius 2 is 0.911 bits per heavy atom. The number of aromatic nitrogens is 1. The first kappa shape index (κ1) is 33.2. The lowest BCUT2D eigenvalue weighted by Crippen LogP contribution is -2.12. The summed E-state index contributed by atoms with van der Waals surface area (Å²) in [6, 6.07) is 71.7. The van der Waals surface area contributed by atoms with E-state index in [1.54, 1.807) is 0 Å². The van der Waals surface area contributed by atoms with Crippen molar-refractivity contribution >= 4 is 44.3 Å². The molecule has 2 heteroatoms. The molecule has 0 aliphatic carbocycles. The van der Waals surface area contributed by atoms with Gasteiger partial charge in [-0.2, -0.15) is 0 Å². The molecule has 0 bridgehead atoms. The second-order valence-corrected chi connectivity index (χ2v) is 14.3. The lowest BCUT2D eigenvalue weighted by molar-refractivity contribution is 1.18. The summed E-state index contributed by atoms with van der Waals surface area (Å²) in [5, 5.41) is 2.44. The first-order valence-electron chi connectivity index (χ1n) is 19.1. The zero-order chi connectivity index (χ0) is 37.4. The summed E-state index contributed by atoms with van der Waals surface area (Å²) in [7, 11) is 0. The van der Waals surface area contributed by atoms with Crippen LogP contribution in [-0.4, -0.2) is 4.57 Å². The molecule has 56 heavy (non-hydrogen) atoms. The van der Waals surface area contributed by atoms with Gasteiger partial charge in [0, 0.05) is 33.9 Å². The van der Waals surface area contributed by atoms with Gasteiger partial charge in [-0.15, -0.1) is 0 Å². The van der Waals surface area contributed by atoms with Crippen LogP contribution in [0.3, 0.4) is 0 Å². The monoisotopic (exact) mass is 714 g/mol. The number of allylic oxidation sites excluding steroid dienone is 4. The summed E-state index contributed by atoms with van der Waals surface area (Å²) < 4.78 is 2.40. The Hall–Kier alpha value is -7.42. The van der Waals surface area contributed by atoms with Crippen LogP contribution in [0.1, 0.15) is 11.1 Å². The van der Waals surface area contributed by atoms with E-state index >= 15 is 0 Å². The molecule has 2 heterocycles. The lowest BCUT2D eigenvalue weighted by atomic mass is 9.93. The average Bonchev–Trinajstić information content (AvgIpc) is 3.60. The Balaban J connectivity index is 1.06. The number of para-hydroxylation sites is 2. The Morgan fingerprint density at radius 3 is 1.66 bits per heavy atom. The SMILES string of the molecule is C=C1/C=C(c2ccc3c(c2)c2ccccc2n3-c2cccc(-c3ccc(-c4ccccc4)cc3)c2)\C=C/N(c2ccccc2)c2cc(-c3ccccc3)ccc21. The van der Waals surface area contributed by atoms with Gasteiger partial charge in [0.2, 0.25) is 0 Å². The average molecular weight is 715 g/mol. The highest BCUT2D eigenvalue weighted by molar-refractivity contribution is 6.10. The van der Waals surface area contributed by atoms with Crippen molar-refractivity contribution in [2.75, 3.05) is 4.90 Å². The Morgan fingerprint density at radius 1 is 0.375 bits per heavy atom. The van der Waals surface area contributed by atoms with Crippen LogP contribution in [0.25, 0.3) is 72.0 Å². The fraction of sp³-hybridized carbons (Fsp3) is 0. The maximum Gasteiger partial charge on any atom is 0.0541 e. The molecule has 0 atom stereocenters. The predicted octanol–water partition coefficient (Wildman–Crippen LogP) is 14.5. The zero-order valence-corrected chi connectivity index (χ0v) is 30.9. The summed E-state index contributed by atoms with van der Waals surface area (Å²) in [6.45, 7) is 4.63. The van der Waals surface area contributed by atoms with E-state index < -0.39 is 0 Å². The minimum atomic E-state index is 0.969. The van der Waals surface area contributed by atoms with Crippen molar-refractivity contribution in [1.82, 2.24) is 4.57 Å². The summed E-state index contributed by atoms with van der Waals surface area (Å²) in [4.78, 5) is 2.28. The number of anilines is 2. The van der Waals surface area contributed by atoms with Gasteiger partial charge >= 0.3 is 0 Å². The van der Waals surface area contributed by atoms with Gasteiger partial charge < -0.3 is 9.47 Å². The van der Waals surface area contributed by atoms with Gasteiger partial charge in [-0.25, -0.2) is 0 Å². The quantitative estimate of drug-likeness (QED) is 0.166. The van der Waals surface area contributed by atoms with Gasteiger partial charge in [0.25, 0.3) is 0 Å². The normalized spacial score (nSPS) is 14.2. The minimum Gasteiger partial charge on any atom is -0.317 e. The number of benzene rings is 8. The second-order valence-electron chi connectivity index (χ2n) is 14.3. The molecule has 0 fully saturated rings. The summed E-state index contributed by atoms with van der Waals surface area (Å²) in [6.07, 6.45) is 6.66. The largest absolute Gasteiger partial charge is 0.317 e. The van der Waals surface area contributed by atoms with Crippen LogP contribution < -0.4 is 4.90 Å². The molecule has 1 aromatic heterocycles. The van der Waals surface area contributed by atoms with Gasteiger partial charge in [-0.3, -0.25) is 0 Å². The van der Waals surface area contributed by atoms with Crippen LogP contribution in [-0.2, 0) is 0 Å². The third-order valence-corrected chi connectivity index (χ3v) is 10.9. The minimum absolute atomic E-state index is 0.969. The molecule has 0 N–H and O–H groups in total. The molecule has 264 valence electrons. The van der Waals surface area contributed by atoms with Crippen LogP contribution in [0.2, 0.25) is 0 Å². The standard InChI is InChI=1S/C54H38N2/c1-38-34-46(32-33-55(47-19-9-4-10-20-47)54-37-45(28-30-49(38)54)40-16-7-3-8-17-40)44-29-31-53-51(36-44)50-22-11-12-23-52(50)56(53)48-21-13-18-43(35-48)42-26-24-41(25-27-42)39-14-5-2-6-15-39/h2-37H,1H2/b33-32-,46-34+. The first-order valence-corrected chi connectivity index (χ1v) is 19.1. The van der Waals surface area contributed by atoms with E-state index in [1.165, 1.54) is 55.2 Å². The third kappa shape index (κ3) is 6.04. The number of fused-ring (bicyclic) bond motifs is 4. The van der Waals surface area contributed by atoms with Crippen molar-refractivity contribution in [3.63, 3.8) is 0 Å². The van der Waals surface area contributed by atoms with Crippen LogP contribution >= 0.6 is 0 Å². The molecule has 0 unspecified atom stereocenters. The van der Waals surface area contributed by atoms with Crippen LogP contribution in [0.15, 0.2) is 225 Å². The number of hydrogen-bond acceptors (Lipinski definition) is 1. The molecule has 1 aliphatic rings. The molecule has 10 rings (SSSR count). The van der Waals surface area contributed by atoms with Gasteiger partial charge in [-0.1, -0.05) is 158 Å². The van der Waals surface area contributed by atoms with Gasteiger partial charge in [0.15, 0.2) is 0 Å². The van der Waals surface area contributed by atoms with Crippen LogP contribution in [0.4, 0.5) is 11.4 Å². The fourth-order valence-electron chi connectivity index (χ4n) is 8.10. The lowest BCUT2D eigenvalue weighted by Gasteiger charge is -2.27. The van der Waals surface area contributed by atoms with Crippen molar-refractivity contribution in [2.24, 2.45) is 0 Å². The summed E-state index contributed by atoms with van der Waals surface area (Å²) in [5.41, 5.74) is 17.2. The van der Waals surface area contributed by atoms with E-state index in [9.17, 15) is 0 Å². The molecule has 0 amide bonds. The molecule has 1 aliphatic heterocycles. The number of rotatable bonds is 6. The van der Waals surface area contributed by atoms with Crippen molar-refractivity contribution in [3.05, 3.63) is 236 Å². The third-order valence-electron chi connectivity index (χ3n) is 10.9. The zero-order valence-electron chi connectivity index (χ0n) is 30.9. The van der Waals surface area contributed by atoms with E-state index in [0.29, 0.717) is 0 Å². The summed E-state index contributed by atoms with van der Waals surface area (Å²) in [5.74, 6) is 0. The van der Waals surface area contributed by atoms with E-state index in [2.05, 4.69) is 235 Å². The van der Waals surface area contributed by atoms with E-state index in [0.717, 1.165) is 39.3 Å². The van der Waals surface area contributed by atoms with Gasteiger partial charge in [-0.05, 0) is 111 Å². The first-order chi connectivity index (χ1) is 27.7. The van der Waals surface area contributed by atoms with E-state index in [-0.39, 0.29) is 0 Å². The number of hydrogen-bond donors (Lipinski definition) is 0. The van der Waals surface area contributed by atoms with Crippen molar-refractivity contribution in [3.8, 4) is 39.1 Å². The molecule has 0 saturated carbocycles. The maximum absolute atomic E-state index is 4.63. The highest BCUT2D eigenvalue weighted by Crippen LogP contribution is 2.41. The predicted molar refractivity (Wildman–Crippen MR) is 238 cm³/mol. The topological polar surface area (TPSA) is 8.17 Å². The molecule has 9 aromatic rings. The number of nitrogens with zero attached hydrogens (tertiary/aromatic N) is 2. The van der Waals surface area contributed by atoms with Crippen LogP contribution in [0.5, 0.6) is 0 Å². The molecule has 2 nitrogen and oxygen atoms in total. The molecular formula is C54H38N2. The summed E-state index contributed by atoms with van der Waals surface area (Å²) >= 11 is 0.